The van der Waals surface area contributed by atoms with Crippen molar-refractivity contribution in [2.24, 2.45) is 0 Å². The van der Waals surface area contributed by atoms with Crippen LogP contribution in [0.5, 0.6) is 0 Å². The van der Waals surface area contributed by atoms with Gasteiger partial charge in [-0.25, -0.2) is 13.4 Å². The van der Waals surface area contributed by atoms with E-state index in [0.717, 1.165) is 31.7 Å². The van der Waals surface area contributed by atoms with Gasteiger partial charge in [0, 0.05) is 19.2 Å². The van der Waals surface area contributed by atoms with Crippen LogP contribution in [0.3, 0.4) is 0 Å². The zero-order valence-electron chi connectivity index (χ0n) is 11.7. The minimum absolute atomic E-state index is 0.375. The van der Waals surface area contributed by atoms with Gasteiger partial charge in [0.1, 0.15) is 11.1 Å². The first-order valence-corrected chi connectivity index (χ1v) is 8.89. The number of hydrogen-bond acceptors (Lipinski definition) is 3. The van der Waals surface area contributed by atoms with Gasteiger partial charge in [-0.3, -0.25) is 4.90 Å². The summed E-state index contributed by atoms with van der Waals surface area (Å²) in [7, 11) is -3.30. The van der Waals surface area contributed by atoms with Gasteiger partial charge in [-0.1, -0.05) is 0 Å². The fourth-order valence-electron chi connectivity index (χ4n) is 2.97. The van der Waals surface area contributed by atoms with Crippen LogP contribution in [0.2, 0.25) is 0 Å². The standard InChI is InChI=1S/C14H21N3O2S/c18-20(19,17-10-4-5-11-17)13-6-7-14(15-12-13)16-8-2-1-3-9-16/h6-7,12H,1-5,8-11H2/p+1. The number of nitrogens with one attached hydrogen (secondary N) is 1. The van der Waals surface area contributed by atoms with Crippen LogP contribution >= 0.6 is 0 Å². The van der Waals surface area contributed by atoms with Crippen molar-refractivity contribution in [1.29, 1.82) is 0 Å². The summed E-state index contributed by atoms with van der Waals surface area (Å²) in [6.07, 6.45) is 7.28. The molecule has 0 saturated carbocycles. The number of nitrogens with zero attached hydrogens (tertiary/aromatic N) is 2. The number of anilines is 1. The van der Waals surface area contributed by atoms with Gasteiger partial charge < -0.3 is 0 Å². The Bertz CT molecular complexity index is 544. The SMILES string of the molecule is O=S(=O)(c1ccc(N2CCCCC2)[nH+]c1)N1CCCC1. The van der Waals surface area contributed by atoms with Crippen LogP contribution in [0, 0.1) is 0 Å². The van der Waals surface area contributed by atoms with E-state index in [-0.39, 0.29) is 0 Å². The van der Waals surface area contributed by atoms with Crippen molar-refractivity contribution in [1.82, 2.24) is 4.31 Å². The first-order valence-electron chi connectivity index (χ1n) is 7.45. The molecule has 110 valence electrons. The van der Waals surface area contributed by atoms with Gasteiger partial charge in [-0.2, -0.15) is 4.31 Å². The van der Waals surface area contributed by atoms with Gasteiger partial charge in [0.15, 0.2) is 0 Å². The average Bonchev–Trinajstić information content (AvgIpc) is 3.03. The van der Waals surface area contributed by atoms with Crippen LogP contribution in [0.4, 0.5) is 5.82 Å². The van der Waals surface area contributed by atoms with Crippen molar-refractivity contribution in [3.63, 3.8) is 0 Å². The van der Waals surface area contributed by atoms with Crippen LogP contribution in [-0.2, 0) is 10.0 Å². The highest BCUT2D eigenvalue weighted by Crippen LogP contribution is 2.21. The van der Waals surface area contributed by atoms with Crippen LogP contribution in [0.25, 0.3) is 0 Å². The minimum Gasteiger partial charge on any atom is -0.262 e. The Kier molecular flexibility index (Phi) is 3.94. The molecule has 2 fully saturated rings. The largest absolute Gasteiger partial charge is 0.274 e. The molecule has 2 saturated heterocycles. The predicted octanol–water partition coefficient (Wildman–Crippen LogP) is 1.28. The number of hydrogen-bond donors (Lipinski definition) is 0. The van der Waals surface area contributed by atoms with E-state index in [4.69, 9.17) is 0 Å². The smallest absolute Gasteiger partial charge is 0.262 e. The summed E-state index contributed by atoms with van der Waals surface area (Å²) >= 11 is 0. The predicted molar refractivity (Wildman–Crippen MR) is 77.1 cm³/mol. The van der Waals surface area contributed by atoms with Crippen molar-refractivity contribution in [2.45, 2.75) is 37.0 Å². The molecule has 3 heterocycles. The molecule has 20 heavy (non-hydrogen) atoms. The maximum atomic E-state index is 12.4. The molecule has 0 unspecified atom stereocenters. The molecular weight excluding hydrogens is 274 g/mol. The van der Waals surface area contributed by atoms with E-state index in [1.807, 2.05) is 6.07 Å². The lowest BCUT2D eigenvalue weighted by molar-refractivity contribution is -0.367. The third-order valence-corrected chi connectivity index (χ3v) is 6.06. The second-order valence-electron chi connectivity index (χ2n) is 5.57. The van der Waals surface area contributed by atoms with Gasteiger partial charge in [0.2, 0.25) is 10.0 Å². The topological polar surface area (TPSA) is 54.8 Å². The molecular formula is C14H22N3O2S+. The molecule has 0 spiro atoms. The summed E-state index contributed by atoms with van der Waals surface area (Å²) in [5, 5.41) is 0. The molecule has 3 rings (SSSR count). The number of piperidine rings is 1. The monoisotopic (exact) mass is 296 g/mol. The number of sulfonamides is 1. The van der Waals surface area contributed by atoms with Crippen molar-refractivity contribution in [3.05, 3.63) is 18.3 Å². The third-order valence-electron chi connectivity index (χ3n) is 4.17. The van der Waals surface area contributed by atoms with Crippen LogP contribution in [0.1, 0.15) is 32.1 Å². The van der Waals surface area contributed by atoms with E-state index < -0.39 is 10.0 Å². The second-order valence-corrected chi connectivity index (χ2v) is 7.51. The molecule has 2 aliphatic heterocycles. The first-order chi connectivity index (χ1) is 9.68. The summed E-state index contributed by atoms with van der Waals surface area (Å²) in [5.74, 6) is 1.02. The van der Waals surface area contributed by atoms with Crippen LogP contribution < -0.4 is 9.88 Å². The van der Waals surface area contributed by atoms with E-state index in [1.165, 1.54) is 19.3 Å². The number of H-pyrrole nitrogens is 1. The van der Waals surface area contributed by atoms with Gasteiger partial charge in [0.05, 0.1) is 13.1 Å². The molecule has 0 aliphatic carbocycles. The summed E-state index contributed by atoms with van der Waals surface area (Å²) in [6.45, 7) is 3.40. The lowest BCUT2D eigenvalue weighted by atomic mass is 10.1. The van der Waals surface area contributed by atoms with E-state index in [2.05, 4.69) is 9.88 Å². The first kappa shape index (κ1) is 13.8. The molecule has 0 amide bonds. The van der Waals surface area contributed by atoms with Crippen LogP contribution in [0.15, 0.2) is 23.2 Å². The number of aromatic amines is 1. The highest BCUT2D eigenvalue weighted by molar-refractivity contribution is 7.89. The molecule has 0 atom stereocenters. The van der Waals surface area contributed by atoms with Gasteiger partial charge >= 0.3 is 0 Å². The van der Waals surface area contributed by atoms with E-state index in [0.29, 0.717) is 18.0 Å². The summed E-state index contributed by atoms with van der Waals surface area (Å²) in [5.41, 5.74) is 0. The Morgan fingerprint density at radius 3 is 2.15 bits per heavy atom. The molecule has 0 radical (unpaired) electrons. The minimum atomic E-state index is -3.30. The summed E-state index contributed by atoms with van der Waals surface area (Å²) < 4.78 is 26.4. The van der Waals surface area contributed by atoms with Crippen molar-refractivity contribution in [2.75, 3.05) is 31.1 Å². The highest BCUT2D eigenvalue weighted by atomic mass is 32.2. The Balaban J connectivity index is 1.78. The molecule has 1 N–H and O–H groups in total. The lowest BCUT2D eigenvalue weighted by Gasteiger charge is -2.21. The second kappa shape index (κ2) is 5.69. The Morgan fingerprint density at radius 2 is 1.55 bits per heavy atom. The van der Waals surface area contributed by atoms with Crippen molar-refractivity contribution in [3.8, 4) is 0 Å². The van der Waals surface area contributed by atoms with Crippen molar-refractivity contribution >= 4 is 15.8 Å². The molecule has 1 aromatic heterocycles. The average molecular weight is 296 g/mol. The highest BCUT2D eigenvalue weighted by Gasteiger charge is 2.28. The van der Waals surface area contributed by atoms with E-state index >= 15 is 0 Å². The van der Waals surface area contributed by atoms with E-state index in [1.54, 1.807) is 16.6 Å². The quantitative estimate of drug-likeness (QED) is 0.844. The third kappa shape index (κ3) is 2.67. The van der Waals surface area contributed by atoms with E-state index in [9.17, 15) is 8.42 Å². The van der Waals surface area contributed by atoms with Gasteiger partial charge in [0.25, 0.3) is 5.82 Å². The molecule has 1 aromatic rings. The molecule has 0 aromatic carbocycles. The summed E-state index contributed by atoms with van der Waals surface area (Å²) in [4.78, 5) is 5.82. The molecule has 2 aliphatic rings. The molecule has 0 bridgehead atoms. The van der Waals surface area contributed by atoms with Gasteiger partial charge in [-0.15, -0.1) is 0 Å². The Morgan fingerprint density at radius 1 is 0.900 bits per heavy atom. The lowest BCUT2D eigenvalue weighted by Crippen LogP contribution is -2.34. The molecule has 5 nitrogen and oxygen atoms in total. The van der Waals surface area contributed by atoms with Gasteiger partial charge in [-0.05, 0) is 38.2 Å². The molecule has 6 heteroatoms. The number of rotatable bonds is 3. The maximum absolute atomic E-state index is 12.4. The zero-order chi connectivity index (χ0) is 14.0. The Hall–Kier alpha value is -1.14. The fourth-order valence-corrected chi connectivity index (χ4v) is 4.46. The fraction of sp³-hybridized carbons (Fsp3) is 0.643. The normalized spacial score (nSPS) is 21.3. The van der Waals surface area contributed by atoms with Crippen LogP contribution in [-0.4, -0.2) is 38.9 Å². The van der Waals surface area contributed by atoms with Crippen molar-refractivity contribution < 1.29 is 13.4 Å². The summed E-state index contributed by atoms with van der Waals surface area (Å²) in [6, 6.07) is 3.63. The number of pyridine rings is 1. The Labute approximate surface area is 120 Å². The maximum Gasteiger partial charge on any atom is 0.274 e. The zero-order valence-corrected chi connectivity index (χ0v) is 12.5. The number of aromatic nitrogens is 1.